The van der Waals surface area contributed by atoms with Crippen molar-refractivity contribution in [1.29, 1.82) is 0 Å². The van der Waals surface area contributed by atoms with Gasteiger partial charge in [-0.2, -0.15) is 0 Å². The highest BCUT2D eigenvalue weighted by atomic mass is 16.4. The van der Waals surface area contributed by atoms with E-state index in [0.29, 0.717) is 11.8 Å². The number of anilines is 2. The van der Waals surface area contributed by atoms with E-state index in [9.17, 15) is 4.79 Å². The van der Waals surface area contributed by atoms with E-state index in [1.165, 1.54) is 87.2 Å². The van der Waals surface area contributed by atoms with Crippen molar-refractivity contribution < 1.29 is 9.90 Å². The molecule has 4 nitrogen and oxygen atoms in total. The quantitative estimate of drug-likeness (QED) is 0.619. The van der Waals surface area contributed by atoms with Crippen LogP contribution in [0.4, 0.5) is 11.5 Å². The number of pyridine rings is 1. The molecule has 0 amide bonds. The molecule has 0 bridgehead atoms. The molecule has 1 aromatic heterocycles. The molecule has 0 atom stereocenters. The summed E-state index contributed by atoms with van der Waals surface area (Å²) in [5.41, 5.74) is 4.36. The second-order valence-electron chi connectivity index (χ2n) is 8.80. The third-order valence-electron chi connectivity index (χ3n) is 6.84. The maximum absolute atomic E-state index is 11.1. The van der Waals surface area contributed by atoms with Crippen molar-refractivity contribution in [3.63, 3.8) is 0 Å². The van der Waals surface area contributed by atoms with Gasteiger partial charge in [0.2, 0.25) is 0 Å². The van der Waals surface area contributed by atoms with Crippen LogP contribution < -0.4 is 4.90 Å². The van der Waals surface area contributed by atoms with Crippen LogP contribution in [0.15, 0.2) is 36.5 Å². The summed E-state index contributed by atoms with van der Waals surface area (Å²) in [4.78, 5) is 17.6. The highest BCUT2D eigenvalue weighted by Gasteiger charge is 2.22. The summed E-state index contributed by atoms with van der Waals surface area (Å²) < 4.78 is 0. The molecule has 2 aliphatic rings. The topological polar surface area (TPSA) is 53.4 Å². The lowest BCUT2D eigenvalue weighted by Gasteiger charge is -2.28. The SMILES string of the molecule is CN(c1cc(C2CCCCC2)cc(C2CCCCC2)c1)c1ccc(C(=O)O)cn1. The number of carboxylic acids is 1. The van der Waals surface area contributed by atoms with Gasteiger partial charge in [0.15, 0.2) is 0 Å². The summed E-state index contributed by atoms with van der Waals surface area (Å²) in [5.74, 6) is 1.18. The molecule has 0 unspecified atom stereocenters. The molecule has 2 aromatic rings. The molecule has 2 saturated carbocycles. The number of carbonyl (C=O) groups is 1. The summed E-state index contributed by atoms with van der Waals surface area (Å²) >= 11 is 0. The van der Waals surface area contributed by atoms with Gasteiger partial charge in [0.05, 0.1) is 5.56 Å². The Hall–Kier alpha value is -2.36. The predicted octanol–water partition coefficient (Wildman–Crippen LogP) is 6.64. The Kier molecular flexibility index (Phi) is 6.17. The lowest BCUT2D eigenvalue weighted by Crippen LogP contribution is -2.15. The van der Waals surface area contributed by atoms with Gasteiger partial charge >= 0.3 is 5.97 Å². The first kappa shape index (κ1) is 19.9. The van der Waals surface area contributed by atoms with Gasteiger partial charge in [0.25, 0.3) is 0 Å². The number of hydrogen-bond acceptors (Lipinski definition) is 3. The van der Waals surface area contributed by atoms with Gasteiger partial charge in [0, 0.05) is 18.9 Å². The molecule has 0 spiro atoms. The van der Waals surface area contributed by atoms with Crippen molar-refractivity contribution in [2.75, 3.05) is 11.9 Å². The summed E-state index contributed by atoms with van der Waals surface area (Å²) in [6.45, 7) is 0. The Morgan fingerprint density at radius 1 is 0.897 bits per heavy atom. The highest BCUT2D eigenvalue weighted by Crippen LogP contribution is 2.40. The molecule has 29 heavy (non-hydrogen) atoms. The molecule has 2 fully saturated rings. The zero-order chi connectivity index (χ0) is 20.2. The second kappa shape index (κ2) is 8.98. The van der Waals surface area contributed by atoms with Gasteiger partial charge in [-0.1, -0.05) is 44.6 Å². The lowest BCUT2D eigenvalue weighted by molar-refractivity contribution is 0.0696. The Morgan fingerprint density at radius 2 is 1.45 bits per heavy atom. The molecule has 1 aromatic carbocycles. The van der Waals surface area contributed by atoms with Gasteiger partial charge in [-0.3, -0.25) is 0 Å². The van der Waals surface area contributed by atoms with Crippen molar-refractivity contribution in [1.82, 2.24) is 4.98 Å². The van der Waals surface area contributed by atoms with Gasteiger partial charge in [-0.15, -0.1) is 0 Å². The third kappa shape index (κ3) is 4.63. The van der Waals surface area contributed by atoms with Crippen LogP contribution in [0.5, 0.6) is 0 Å². The minimum absolute atomic E-state index is 0.223. The fraction of sp³-hybridized carbons (Fsp3) is 0.520. The van der Waals surface area contributed by atoms with Gasteiger partial charge in [0.1, 0.15) is 5.82 Å². The van der Waals surface area contributed by atoms with Crippen molar-refractivity contribution >= 4 is 17.5 Å². The first-order valence-corrected chi connectivity index (χ1v) is 11.2. The van der Waals surface area contributed by atoms with Crippen LogP contribution in [0.1, 0.15) is 97.5 Å². The lowest BCUT2D eigenvalue weighted by atomic mass is 9.79. The zero-order valence-electron chi connectivity index (χ0n) is 17.4. The third-order valence-corrected chi connectivity index (χ3v) is 6.84. The van der Waals surface area contributed by atoms with E-state index in [0.717, 1.165) is 5.82 Å². The van der Waals surface area contributed by atoms with Gasteiger partial charge in [-0.05, 0) is 72.9 Å². The van der Waals surface area contributed by atoms with E-state index in [4.69, 9.17) is 5.11 Å². The number of aromatic nitrogens is 1. The maximum atomic E-state index is 11.1. The molecule has 0 saturated heterocycles. The molecule has 4 rings (SSSR count). The normalized spacial score (nSPS) is 18.5. The fourth-order valence-electron chi connectivity index (χ4n) is 5.04. The molecule has 1 N–H and O–H groups in total. The van der Waals surface area contributed by atoms with Gasteiger partial charge < -0.3 is 10.0 Å². The smallest absolute Gasteiger partial charge is 0.337 e. The molecule has 1 heterocycles. The van der Waals surface area contributed by atoms with Crippen LogP contribution in [-0.4, -0.2) is 23.1 Å². The van der Waals surface area contributed by atoms with Gasteiger partial charge in [-0.25, -0.2) is 9.78 Å². The molecular formula is C25H32N2O2. The Bertz CT molecular complexity index is 798. The van der Waals surface area contributed by atoms with Crippen molar-refractivity contribution in [2.45, 2.75) is 76.0 Å². The van der Waals surface area contributed by atoms with E-state index >= 15 is 0 Å². The number of carboxylic acid groups (broad SMARTS) is 1. The van der Waals surface area contributed by atoms with E-state index in [1.807, 2.05) is 7.05 Å². The number of aromatic carboxylic acids is 1. The van der Waals surface area contributed by atoms with E-state index in [1.54, 1.807) is 12.1 Å². The van der Waals surface area contributed by atoms with Crippen LogP contribution >= 0.6 is 0 Å². The second-order valence-corrected chi connectivity index (χ2v) is 8.80. The number of nitrogens with zero attached hydrogens (tertiary/aromatic N) is 2. The minimum atomic E-state index is -0.939. The van der Waals surface area contributed by atoms with Crippen LogP contribution in [0.25, 0.3) is 0 Å². The number of rotatable bonds is 5. The Labute approximate surface area is 174 Å². The minimum Gasteiger partial charge on any atom is -0.478 e. The van der Waals surface area contributed by atoms with Crippen LogP contribution in [0.2, 0.25) is 0 Å². The standard InChI is InChI=1S/C25H32N2O2/c1-27(24-13-12-20(17-26-24)25(28)29)23-15-21(18-8-4-2-5-9-18)14-22(16-23)19-10-6-3-7-11-19/h12-19H,2-11H2,1H3,(H,28,29). The largest absolute Gasteiger partial charge is 0.478 e. The maximum Gasteiger partial charge on any atom is 0.337 e. The molecule has 0 aliphatic heterocycles. The molecule has 2 aliphatic carbocycles. The van der Waals surface area contributed by atoms with Crippen LogP contribution in [-0.2, 0) is 0 Å². The van der Waals surface area contributed by atoms with E-state index in [2.05, 4.69) is 28.1 Å². The number of benzene rings is 1. The van der Waals surface area contributed by atoms with E-state index in [-0.39, 0.29) is 5.56 Å². The van der Waals surface area contributed by atoms with Crippen LogP contribution in [0, 0.1) is 0 Å². The van der Waals surface area contributed by atoms with Crippen LogP contribution in [0.3, 0.4) is 0 Å². The molecule has 4 heteroatoms. The highest BCUT2D eigenvalue weighted by molar-refractivity contribution is 5.87. The zero-order valence-corrected chi connectivity index (χ0v) is 17.4. The first-order chi connectivity index (χ1) is 14.1. The molecule has 154 valence electrons. The average molecular weight is 393 g/mol. The van der Waals surface area contributed by atoms with Crippen molar-refractivity contribution in [3.05, 3.63) is 53.2 Å². The summed E-state index contributed by atoms with van der Waals surface area (Å²) in [6, 6.07) is 10.6. The number of hydrogen-bond donors (Lipinski definition) is 1. The Morgan fingerprint density at radius 3 is 1.90 bits per heavy atom. The van der Waals surface area contributed by atoms with Crippen molar-refractivity contribution in [3.8, 4) is 0 Å². The fourth-order valence-corrected chi connectivity index (χ4v) is 5.04. The Balaban J connectivity index is 1.67. The summed E-state index contributed by atoms with van der Waals surface area (Å²) in [5, 5.41) is 9.14. The molecule has 0 radical (unpaired) electrons. The first-order valence-electron chi connectivity index (χ1n) is 11.2. The predicted molar refractivity (Wildman–Crippen MR) is 117 cm³/mol. The summed E-state index contributed by atoms with van der Waals surface area (Å²) in [6.07, 6.45) is 14.7. The summed E-state index contributed by atoms with van der Waals surface area (Å²) in [7, 11) is 2.04. The monoisotopic (exact) mass is 392 g/mol. The average Bonchev–Trinajstić information content (AvgIpc) is 2.79. The van der Waals surface area contributed by atoms with Crippen molar-refractivity contribution in [2.24, 2.45) is 0 Å². The van der Waals surface area contributed by atoms with E-state index < -0.39 is 5.97 Å². The molecular weight excluding hydrogens is 360 g/mol.